The highest BCUT2D eigenvalue weighted by Gasteiger charge is 2.23. The van der Waals surface area contributed by atoms with Gasteiger partial charge < -0.3 is 0 Å². The van der Waals surface area contributed by atoms with Gasteiger partial charge in [0, 0.05) is 0 Å². The second-order valence-corrected chi connectivity index (χ2v) is 5.96. The quantitative estimate of drug-likeness (QED) is 0.576. The molecule has 1 heterocycles. The van der Waals surface area contributed by atoms with Gasteiger partial charge in [-0.3, -0.25) is 0 Å². The van der Waals surface area contributed by atoms with Gasteiger partial charge in [0.25, 0.3) is 0 Å². The third-order valence-corrected chi connectivity index (χ3v) is 4.30. The Hall–Kier alpha value is 0.0649. The molecule has 0 aromatic carbocycles. The molecule has 0 nitrogen and oxygen atoms in total. The van der Waals surface area contributed by atoms with Gasteiger partial charge >= 0.3 is 0 Å². The molecule has 1 aliphatic rings. The lowest BCUT2D eigenvalue weighted by atomic mass is 9.65. The molecule has 1 heteroatoms. The summed E-state index contributed by atoms with van der Waals surface area (Å²) in [4.78, 5) is 0. The van der Waals surface area contributed by atoms with Crippen LogP contribution < -0.4 is 0 Å². The molecular weight excluding hydrogens is 191 g/mol. The van der Waals surface area contributed by atoms with E-state index in [-0.39, 0.29) is 0 Å². The summed E-state index contributed by atoms with van der Waals surface area (Å²) in [5.41, 5.74) is 0. The van der Waals surface area contributed by atoms with Crippen molar-refractivity contribution in [1.82, 2.24) is 0 Å². The first-order valence-electron chi connectivity index (χ1n) is 7.57. The highest BCUT2D eigenvalue weighted by atomic mass is 14.3. The Balaban J connectivity index is 2.53. The van der Waals surface area contributed by atoms with Gasteiger partial charge in [0.2, 0.25) is 0 Å². The maximum atomic E-state index is 2.53. The molecule has 16 heavy (non-hydrogen) atoms. The van der Waals surface area contributed by atoms with E-state index in [2.05, 4.69) is 28.1 Å². The monoisotopic (exact) mass is 221 g/mol. The van der Waals surface area contributed by atoms with E-state index in [1.165, 1.54) is 57.6 Å². The summed E-state index contributed by atoms with van der Waals surface area (Å²) in [5, 5.41) is 0. The molecule has 1 fully saturated rings. The summed E-state index contributed by atoms with van der Waals surface area (Å²) in [6, 6.07) is 0. The van der Waals surface area contributed by atoms with E-state index in [0.29, 0.717) is 0 Å². The maximum absolute atomic E-state index is 2.53. The van der Waals surface area contributed by atoms with Gasteiger partial charge in [-0.05, 0) is 17.8 Å². The van der Waals surface area contributed by atoms with Gasteiger partial charge in [0.15, 0.2) is 0 Å². The fraction of sp³-hybridized carbons (Fsp3) is 1.00. The zero-order chi connectivity index (χ0) is 11.8. The molecule has 0 N–H and O–H groups in total. The zero-order valence-corrected chi connectivity index (χ0v) is 11.7. The third kappa shape index (κ3) is 4.93. The van der Waals surface area contributed by atoms with Crippen LogP contribution in [0.1, 0.15) is 65.7 Å². The normalized spacial score (nSPS) is 28.8. The Labute approximate surface area is 104 Å². The standard InChI is InChI=1S/C15H30B/c1-4-8-14-9-5-6-11-16-12-7-10-15(14)13(2)3/h13-15H,4-12H2,1-3H3. The molecule has 0 spiro atoms. The minimum Gasteiger partial charge on any atom is -0.0803 e. The summed E-state index contributed by atoms with van der Waals surface area (Å²) < 4.78 is 0. The molecule has 2 unspecified atom stereocenters. The van der Waals surface area contributed by atoms with Crippen LogP contribution in [0.15, 0.2) is 0 Å². The van der Waals surface area contributed by atoms with E-state index in [1.54, 1.807) is 0 Å². The summed E-state index contributed by atoms with van der Waals surface area (Å²) in [6.07, 6.45) is 12.9. The first-order chi connectivity index (χ1) is 7.75. The summed E-state index contributed by atoms with van der Waals surface area (Å²) in [6.45, 7) is 7.22. The topological polar surface area (TPSA) is 0 Å². The average Bonchev–Trinajstić information content (AvgIpc) is 2.26. The first-order valence-corrected chi connectivity index (χ1v) is 7.57. The first kappa shape index (κ1) is 14.1. The van der Waals surface area contributed by atoms with Crippen molar-refractivity contribution in [1.29, 1.82) is 0 Å². The molecule has 1 saturated heterocycles. The van der Waals surface area contributed by atoms with Gasteiger partial charge in [-0.15, -0.1) is 0 Å². The van der Waals surface area contributed by atoms with Crippen LogP contribution in [0.2, 0.25) is 12.6 Å². The fourth-order valence-electron chi connectivity index (χ4n) is 3.39. The van der Waals surface area contributed by atoms with Crippen molar-refractivity contribution in [2.75, 3.05) is 0 Å². The smallest absolute Gasteiger partial charge is 0.0803 e. The molecule has 2 atom stereocenters. The second kappa shape index (κ2) is 8.20. The lowest BCUT2D eigenvalue weighted by Gasteiger charge is -2.31. The molecule has 0 saturated carbocycles. The van der Waals surface area contributed by atoms with Crippen molar-refractivity contribution in [2.45, 2.75) is 78.4 Å². The maximum Gasteiger partial charge on any atom is 0.109 e. The molecule has 93 valence electrons. The molecule has 0 bridgehead atoms. The summed E-state index contributed by atoms with van der Waals surface area (Å²) in [5.74, 6) is 2.89. The van der Waals surface area contributed by atoms with Crippen LogP contribution in [-0.2, 0) is 0 Å². The predicted octanol–water partition coefficient (Wildman–Crippen LogP) is 5.18. The summed E-state index contributed by atoms with van der Waals surface area (Å²) in [7, 11) is 2.53. The summed E-state index contributed by atoms with van der Waals surface area (Å²) >= 11 is 0. The molecule has 1 aliphatic heterocycles. The largest absolute Gasteiger partial charge is 0.109 e. The Morgan fingerprint density at radius 1 is 1.06 bits per heavy atom. The van der Waals surface area contributed by atoms with Crippen LogP contribution in [0.25, 0.3) is 0 Å². The van der Waals surface area contributed by atoms with Crippen molar-refractivity contribution in [3.8, 4) is 0 Å². The zero-order valence-electron chi connectivity index (χ0n) is 11.7. The predicted molar refractivity (Wildman–Crippen MR) is 75.2 cm³/mol. The Morgan fingerprint density at radius 3 is 2.50 bits per heavy atom. The Kier molecular flexibility index (Phi) is 7.24. The van der Waals surface area contributed by atoms with Crippen molar-refractivity contribution in [3.63, 3.8) is 0 Å². The Bertz CT molecular complexity index is 165. The molecule has 1 radical (unpaired) electrons. The van der Waals surface area contributed by atoms with Gasteiger partial charge in [-0.25, -0.2) is 0 Å². The van der Waals surface area contributed by atoms with Crippen LogP contribution >= 0.6 is 0 Å². The van der Waals surface area contributed by atoms with E-state index in [9.17, 15) is 0 Å². The molecule has 0 aromatic heterocycles. The SMILES string of the molecule is CCCC1CCCC[B]CCCC1C(C)C. The molecule has 0 aliphatic carbocycles. The minimum absolute atomic E-state index is 0.885. The van der Waals surface area contributed by atoms with Crippen LogP contribution in [0.3, 0.4) is 0 Å². The van der Waals surface area contributed by atoms with E-state index < -0.39 is 0 Å². The van der Waals surface area contributed by atoms with Crippen molar-refractivity contribution >= 4 is 7.28 Å². The highest BCUT2D eigenvalue weighted by molar-refractivity contribution is 6.35. The molecular formula is C15H30B. The second-order valence-electron chi connectivity index (χ2n) is 5.96. The Morgan fingerprint density at radius 2 is 1.81 bits per heavy atom. The number of hydrogen-bond acceptors (Lipinski definition) is 0. The third-order valence-electron chi connectivity index (χ3n) is 4.30. The average molecular weight is 221 g/mol. The van der Waals surface area contributed by atoms with Gasteiger partial charge in [-0.1, -0.05) is 78.4 Å². The molecule has 0 aromatic rings. The van der Waals surface area contributed by atoms with Crippen molar-refractivity contribution in [2.24, 2.45) is 17.8 Å². The lowest BCUT2D eigenvalue weighted by molar-refractivity contribution is 0.205. The van der Waals surface area contributed by atoms with Crippen LogP contribution in [0.4, 0.5) is 0 Å². The van der Waals surface area contributed by atoms with Crippen molar-refractivity contribution < 1.29 is 0 Å². The fourth-order valence-corrected chi connectivity index (χ4v) is 3.39. The van der Waals surface area contributed by atoms with E-state index in [0.717, 1.165) is 17.8 Å². The van der Waals surface area contributed by atoms with Crippen molar-refractivity contribution in [3.05, 3.63) is 0 Å². The van der Waals surface area contributed by atoms with Crippen LogP contribution in [0.5, 0.6) is 0 Å². The van der Waals surface area contributed by atoms with Crippen LogP contribution in [0, 0.1) is 17.8 Å². The van der Waals surface area contributed by atoms with Crippen LogP contribution in [-0.4, -0.2) is 7.28 Å². The van der Waals surface area contributed by atoms with E-state index >= 15 is 0 Å². The van der Waals surface area contributed by atoms with E-state index in [1.807, 2.05) is 0 Å². The number of rotatable bonds is 3. The van der Waals surface area contributed by atoms with Gasteiger partial charge in [0.1, 0.15) is 7.28 Å². The van der Waals surface area contributed by atoms with Gasteiger partial charge in [-0.2, -0.15) is 0 Å². The highest BCUT2D eigenvalue weighted by Crippen LogP contribution is 2.34. The molecule has 0 amide bonds. The van der Waals surface area contributed by atoms with Gasteiger partial charge in [0.05, 0.1) is 0 Å². The van der Waals surface area contributed by atoms with E-state index in [4.69, 9.17) is 0 Å². The number of hydrogen-bond donors (Lipinski definition) is 0. The molecule has 1 rings (SSSR count). The lowest BCUT2D eigenvalue weighted by Crippen LogP contribution is -2.21. The minimum atomic E-state index is 0.885.